The molecule has 0 amide bonds. The van der Waals surface area contributed by atoms with Crippen LogP contribution in [0, 0.1) is 35.0 Å². The standard InChI is InChI=1S/C12H12ClN3S/c13-11-7(4-14)17-12(16-11)15-10-8-5-1-2-6(3-5)9(8)10/h5-6,8-10H,1-3H2,(H,15,16). The first kappa shape index (κ1) is 10.2. The second-order valence-electron chi connectivity index (χ2n) is 5.41. The number of thiazole rings is 1. The van der Waals surface area contributed by atoms with E-state index < -0.39 is 0 Å². The van der Waals surface area contributed by atoms with E-state index in [0.29, 0.717) is 16.1 Å². The zero-order chi connectivity index (χ0) is 11.6. The van der Waals surface area contributed by atoms with Crippen LogP contribution in [0.4, 0.5) is 5.13 Å². The Morgan fingerprint density at radius 1 is 1.35 bits per heavy atom. The van der Waals surface area contributed by atoms with Gasteiger partial charge in [-0.25, -0.2) is 4.98 Å². The molecule has 1 aromatic heterocycles. The molecular weight excluding hydrogens is 254 g/mol. The molecule has 17 heavy (non-hydrogen) atoms. The van der Waals surface area contributed by atoms with Gasteiger partial charge < -0.3 is 5.32 Å². The molecule has 4 atom stereocenters. The summed E-state index contributed by atoms with van der Waals surface area (Å²) in [5.74, 6) is 3.66. The van der Waals surface area contributed by atoms with Gasteiger partial charge in [-0.15, -0.1) is 0 Å². The van der Waals surface area contributed by atoms with Crippen molar-refractivity contribution >= 4 is 28.1 Å². The Morgan fingerprint density at radius 3 is 2.65 bits per heavy atom. The fourth-order valence-electron chi connectivity index (χ4n) is 4.09. The summed E-state index contributed by atoms with van der Waals surface area (Å²) >= 11 is 7.25. The second-order valence-corrected chi connectivity index (χ2v) is 6.77. The lowest BCUT2D eigenvalue weighted by Crippen LogP contribution is -2.12. The van der Waals surface area contributed by atoms with Crippen LogP contribution in [0.5, 0.6) is 0 Å². The summed E-state index contributed by atoms with van der Waals surface area (Å²) in [6.45, 7) is 0. The highest BCUT2D eigenvalue weighted by Crippen LogP contribution is 2.66. The molecule has 1 heterocycles. The quantitative estimate of drug-likeness (QED) is 0.894. The Kier molecular flexibility index (Phi) is 2.01. The van der Waals surface area contributed by atoms with E-state index in [4.69, 9.17) is 16.9 Å². The SMILES string of the molecule is N#Cc1sc(NC2C3C4CCC(C4)C23)nc1Cl. The van der Waals surface area contributed by atoms with E-state index in [1.54, 1.807) is 0 Å². The minimum Gasteiger partial charge on any atom is -0.358 e. The Bertz CT molecular complexity index is 504. The third-order valence-electron chi connectivity index (χ3n) is 4.71. The number of hydrogen-bond acceptors (Lipinski definition) is 4. The summed E-state index contributed by atoms with van der Waals surface area (Å²) in [6.07, 6.45) is 4.30. The van der Waals surface area contributed by atoms with Crippen LogP contribution in [0.25, 0.3) is 0 Å². The number of nitriles is 1. The first-order valence-corrected chi connectivity index (χ1v) is 7.30. The van der Waals surface area contributed by atoms with Crippen LogP contribution in [0.15, 0.2) is 0 Å². The number of nitrogens with zero attached hydrogens (tertiary/aromatic N) is 2. The minimum atomic E-state index is 0.341. The van der Waals surface area contributed by atoms with Gasteiger partial charge in [-0.05, 0) is 42.9 Å². The molecule has 0 saturated heterocycles. The van der Waals surface area contributed by atoms with Crippen molar-refractivity contribution in [1.82, 2.24) is 4.98 Å². The first-order chi connectivity index (χ1) is 8.28. The van der Waals surface area contributed by atoms with E-state index >= 15 is 0 Å². The number of fused-ring (bicyclic) bond motifs is 5. The van der Waals surface area contributed by atoms with Crippen molar-refractivity contribution < 1.29 is 0 Å². The molecule has 1 aromatic rings. The average Bonchev–Trinajstić information content (AvgIpc) is 2.71. The molecule has 3 aliphatic carbocycles. The third-order valence-corrected chi connectivity index (χ3v) is 5.99. The Hall–Kier alpha value is -0.790. The molecule has 3 saturated carbocycles. The molecule has 0 radical (unpaired) electrons. The summed E-state index contributed by atoms with van der Waals surface area (Å²) in [5.41, 5.74) is 0. The molecule has 4 unspecified atom stereocenters. The number of hydrogen-bond donors (Lipinski definition) is 1. The van der Waals surface area contributed by atoms with Gasteiger partial charge in [-0.3, -0.25) is 0 Å². The summed E-state index contributed by atoms with van der Waals surface area (Å²) in [5, 5.41) is 13.5. The van der Waals surface area contributed by atoms with Gasteiger partial charge in [0.15, 0.2) is 10.3 Å². The summed E-state index contributed by atoms with van der Waals surface area (Å²) < 4.78 is 0. The lowest BCUT2D eigenvalue weighted by atomic mass is 10.0. The van der Waals surface area contributed by atoms with E-state index in [-0.39, 0.29) is 0 Å². The number of rotatable bonds is 2. The Labute approximate surface area is 109 Å². The van der Waals surface area contributed by atoms with Crippen molar-refractivity contribution in [3.05, 3.63) is 10.0 Å². The van der Waals surface area contributed by atoms with Crippen molar-refractivity contribution in [3.63, 3.8) is 0 Å². The van der Waals surface area contributed by atoms with E-state index in [1.807, 2.05) is 0 Å². The zero-order valence-electron chi connectivity index (χ0n) is 9.19. The number of aromatic nitrogens is 1. The lowest BCUT2D eigenvalue weighted by molar-refractivity contribution is 0.456. The molecule has 0 aromatic carbocycles. The lowest BCUT2D eigenvalue weighted by Gasteiger charge is -2.08. The third kappa shape index (κ3) is 1.36. The maximum atomic E-state index is 8.85. The fourth-order valence-corrected chi connectivity index (χ4v) is 5.09. The topological polar surface area (TPSA) is 48.7 Å². The second kappa shape index (κ2) is 3.37. The molecule has 2 bridgehead atoms. The van der Waals surface area contributed by atoms with Crippen LogP contribution in [-0.2, 0) is 0 Å². The average molecular weight is 266 g/mol. The predicted molar refractivity (Wildman–Crippen MR) is 67.1 cm³/mol. The Morgan fingerprint density at radius 2 is 2.06 bits per heavy atom. The number of halogens is 1. The molecule has 0 aliphatic heterocycles. The fraction of sp³-hybridized carbons (Fsp3) is 0.667. The van der Waals surface area contributed by atoms with Crippen LogP contribution in [0.1, 0.15) is 24.1 Å². The number of nitrogens with one attached hydrogen (secondary N) is 1. The maximum absolute atomic E-state index is 8.85. The van der Waals surface area contributed by atoms with Gasteiger partial charge in [0.25, 0.3) is 0 Å². The summed E-state index contributed by atoms with van der Waals surface area (Å²) in [7, 11) is 0. The largest absolute Gasteiger partial charge is 0.358 e. The summed E-state index contributed by atoms with van der Waals surface area (Å²) in [6, 6.07) is 2.68. The zero-order valence-corrected chi connectivity index (χ0v) is 10.8. The molecule has 88 valence electrons. The molecule has 3 aliphatic rings. The van der Waals surface area contributed by atoms with E-state index in [2.05, 4.69) is 16.4 Å². The maximum Gasteiger partial charge on any atom is 0.185 e. The van der Waals surface area contributed by atoms with E-state index in [1.165, 1.54) is 30.6 Å². The van der Waals surface area contributed by atoms with Crippen LogP contribution in [0.2, 0.25) is 5.15 Å². The van der Waals surface area contributed by atoms with Crippen LogP contribution >= 0.6 is 22.9 Å². The van der Waals surface area contributed by atoms with Gasteiger partial charge in [0.2, 0.25) is 0 Å². The Balaban J connectivity index is 1.51. The normalized spacial score (nSPS) is 41.1. The van der Waals surface area contributed by atoms with Crippen molar-refractivity contribution in [1.29, 1.82) is 5.26 Å². The highest BCUT2D eigenvalue weighted by Gasteiger charge is 2.65. The van der Waals surface area contributed by atoms with Gasteiger partial charge in [0.05, 0.1) is 0 Å². The van der Waals surface area contributed by atoms with Crippen LogP contribution in [-0.4, -0.2) is 11.0 Å². The van der Waals surface area contributed by atoms with Crippen molar-refractivity contribution in [3.8, 4) is 6.07 Å². The molecule has 3 fully saturated rings. The highest BCUT2D eigenvalue weighted by molar-refractivity contribution is 7.16. The van der Waals surface area contributed by atoms with Gasteiger partial charge in [-0.2, -0.15) is 5.26 Å². The monoisotopic (exact) mass is 265 g/mol. The van der Waals surface area contributed by atoms with Crippen molar-refractivity contribution in [2.45, 2.75) is 25.3 Å². The van der Waals surface area contributed by atoms with Gasteiger partial charge >= 0.3 is 0 Å². The number of anilines is 1. The molecule has 0 spiro atoms. The van der Waals surface area contributed by atoms with Gasteiger partial charge in [0.1, 0.15) is 10.9 Å². The minimum absolute atomic E-state index is 0.341. The smallest absolute Gasteiger partial charge is 0.185 e. The highest BCUT2D eigenvalue weighted by atomic mass is 35.5. The molecule has 1 N–H and O–H groups in total. The van der Waals surface area contributed by atoms with Crippen molar-refractivity contribution in [2.75, 3.05) is 5.32 Å². The van der Waals surface area contributed by atoms with Crippen molar-refractivity contribution in [2.24, 2.45) is 23.7 Å². The molecule has 5 heteroatoms. The van der Waals surface area contributed by atoms with Gasteiger partial charge in [0, 0.05) is 6.04 Å². The predicted octanol–water partition coefficient (Wildman–Crippen LogP) is 3.12. The summed E-state index contributed by atoms with van der Waals surface area (Å²) in [4.78, 5) is 4.73. The van der Waals surface area contributed by atoms with E-state index in [9.17, 15) is 0 Å². The molecular formula is C12H12ClN3S. The molecule has 4 rings (SSSR count). The van der Waals surface area contributed by atoms with Crippen LogP contribution < -0.4 is 5.32 Å². The van der Waals surface area contributed by atoms with E-state index in [0.717, 1.165) is 28.8 Å². The first-order valence-electron chi connectivity index (χ1n) is 6.11. The van der Waals surface area contributed by atoms with Gasteiger partial charge in [-0.1, -0.05) is 22.9 Å². The molecule has 3 nitrogen and oxygen atoms in total. The van der Waals surface area contributed by atoms with Crippen LogP contribution in [0.3, 0.4) is 0 Å².